The standard InChI is InChI=1S/C16H10BrFN2O/c17-12-6-4-10(5-7-12)8-14-16(21)20-15(19-14)11-2-1-3-13(18)9-11/h1-9H,(H,19,20,21)/b14-8-. The van der Waals surface area contributed by atoms with Crippen molar-refractivity contribution in [3.8, 4) is 0 Å². The van der Waals surface area contributed by atoms with Crippen LogP contribution in [0.25, 0.3) is 6.08 Å². The van der Waals surface area contributed by atoms with Crippen molar-refractivity contribution in [2.24, 2.45) is 4.99 Å². The second-order valence-electron chi connectivity index (χ2n) is 4.51. The Kier molecular flexibility index (Phi) is 3.66. The zero-order valence-corrected chi connectivity index (χ0v) is 12.4. The average molecular weight is 345 g/mol. The molecule has 0 aliphatic carbocycles. The summed E-state index contributed by atoms with van der Waals surface area (Å²) in [6.07, 6.45) is 1.69. The maximum absolute atomic E-state index is 13.2. The maximum atomic E-state index is 13.2. The monoisotopic (exact) mass is 344 g/mol. The van der Waals surface area contributed by atoms with Crippen LogP contribution < -0.4 is 5.32 Å². The molecule has 1 N–H and O–H groups in total. The molecule has 0 saturated heterocycles. The molecule has 0 aromatic heterocycles. The van der Waals surface area contributed by atoms with E-state index in [0.717, 1.165) is 10.0 Å². The summed E-state index contributed by atoms with van der Waals surface area (Å²) >= 11 is 3.35. The first kappa shape index (κ1) is 13.7. The van der Waals surface area contributed by atoms with Gasteiger partial charge in [0.25, 0.3) is 5.91 Å². The van der Waals surface area contributed by atoms with E-state index in [2.05, 4.69) is 26.2 Å². The lowest BCUT2D eigenvalue weighted by Gasteiger charge is -1.99. The van der Waals surface area contributed by atoms with E-state index in [1.165, 1.54) is 12.1 Å². The molecular weight excluding hydrogens is 335 g/mol. The molecule has 5 heteroatoms. The Bertz CT molecular complexity index is 766. The molecule has 3 nitrogen and oxygen atoms in total. The van der Waals surface area contributed by atoms with Gasteiger partial charge >= 0.3 is 0 Å². The fourth-order valence-corrected chi connectivity index (χ4v) is 2.22. The number of rotatable bonds is 2. The number of nitrogens with zero attached hydrogens (tertiary/aromatic N) is 1. The van der Waals surface area contributed by atoms with Gasteiger partial charge in [-0.15, -0.1) is 0 Å². The van der Waals surface area contributed by atoms with Crippen LogP contribution in [0.1, 0.15) is 11.1 Å². The van der Waals surface area contributed by atoms with Crippen LogP contribution in [-0.2, 0) is 4.79 Å². The molecule has 0 saturated carbocycles. The van der Waals surface area contributed by atoms with Crippen LogP contribution in [-0.4, -0.2) is 11.7 Å². The van der Waals surface area contributed by atoms with Gasteiger partial charge in [0.1, 0.15) is 17.3 Å². The number of aliphatic imine (C=N–C) groups is 1. The molecule has 21 heavy (non-hydrogen) atoms. The molecule has 0 fully saturated rings. The molecule has 0 atom stereocenters. The van der Waals surface area contributed by atoms with Crippen molar-refractivity contribution in [2.75, 3.05) is 0 Å². The van der Waals surface area contributed by atoms with Crippen LogP contribution in [0, 0.1) is 5.82 Å². The number of halogens is 2. The molecule has 0 radical (unpaired) electrons. The number of amidine groups is 1. The lowest BCUT2D eigenvalue weighted by Crippen LogP contribution is -2.24. The van der Waals surface area contributed by atoms with Gasteiger partial charge in [0.05, 0.1) is 0 Å². The van der Waals surface area contributed by atoms with Crippen molar-refractivity contribution in [2.45, 2.75) is 0 Å². The second kappa shape index (κ2) is 5.61. The maximum Gasteiger partial charge on any atom is 0.275 e. The van der Waals surface area contributed by atoms with Gasteiger partial charge in [-0.3, -0.25) is 4.79 Å². The van der Waals surface area contributed by atoms with Crippen LogP contribution in [0.2, 0.25) is 0 Å². The van der Waals surface area contributed by atoms with E-state index in [-0.39, 0.29) is 11.7 Å². The molecule has 1 aliphatic heterocycles. The lowest BCUT2D eigenvalue weighted by atomic mass is 10.2. The highest BCUT2D eigenvalue weighted by molar-refractivity contribution is 9.10. The zero-order valence-electron chi connectivity index (χ0n) is 10.8. The molecule has 1 amide bonds. The summed E-state index contributed by atoms with van der Waals surface area (Å²) in [6, 6.07) is 13.5. The highest BCUT2D eigenvalue weighted by atomic mass is 79.9. The minimum absolute atomic E-state index is 0.294. The summed E-state index contributed by atoms with van der Waals surface area (Å²) in [5, 5.41) is 2.65. The molecule has 0 unspecified atom stereocenters. The normalized spacial score (nSPS) is 16.0. The third kappa shape index (κ3) is 3.08. The number of carbonyl (C=O) groups is 1. The molecule has 0 bridgehead atoms. The van der Waals surface area contributed by atoms with Gasteiger partial charge in [0.2, 0.25) is 0 Å². The van der Waals surface area contributed by atoms with Gasteiger partial charge in [0, 0.05) is 10.0 Å². The number of amides is 1. The first-order valence-corrected chi connectivity index (χ1v) is 7.04. The minimum atomic E-state index is -0.366. The van der Waals surface area contributed by atoms with Gasteiger partial charge in [-0.25, -0.2) is 9.38 Å². The number of carbonyl (C=O) groups excluding carboxylic acids is 1. The van der Waals surface area contributed by atoms with E-state index in [0.29, 0.717) is 17.1 Å². The summed E-state index contributed by atoms with van der Waals surface area (Å²) < 4.78 is 14.2. The van der Waals surface area contributed by atoms with Crippen molar-refractivity contribution in [1.29, 1.82) is 0 Å². The second-order valence-corrected chi connectivity index (χ2v) is 5.42. The smallest absolute Gasteiger partial charge is 0.275 e. The van der Waals surface area contributed by atoms with Gasteiger partial charge < -0.3 is 5.32 Å². The Balaban J connectivity index is 1.93. The first-order chi connectivity index (χ1) is 10.1. The number of hydrogen-bond donors (Lipinski definition) is 1. The van der Waals surface area contributed by atoms with E-state index in [9.17, 15) is 9.18 Å². The van der Waals surface area contributed by atoms with Crippen LogP contribution in [0.15, 0.2) is 63.7 Å². The first-order valence-electron chi connectivity index (χ1n) is 6.25. The summed E-state index contributed by atoms with van der Waals surface area (Å²) in [7, 11) is 0. The topological polar surface area (TPSA) is 41.5 Å². The summed E-state index contributed by atoms with van der Waals surface area (Å²) in [6.45, 7) is 0. The van der Waals surface area contributed by atoms with Crippen molar-refractivity contribution in [1.82, 2.24) is 5.32 Å². The fraction of sp³-hybridized carbons (Fsp3) is 0. The molecule has 3 rings (SSSR count). The van der Waals surface area contributed by atoms with E-state index in [1.54, 1.807) is 18.2 Å². The molecule has 0 spiro atoms. The largest absolute Gasteiger partial charge is 0.305 e. The van der Waals surface area contributed by atoms with Crippen molar-refractivity contribution >= 4 is 33.7 Å². The Morgan fingerprint density at radius 1 is 1.14 bits per heavy atom. The predicted octanol–water partition coefficient (Wildman–Crippen LogP) is 3.51. The summed E-state index contributed by atoms with van der Waals surface area (Å²) in [4.78, 5) is 16.2. The summed E-state index contributed by atoms with van der Waals surface area (Å²) in [5.41, 5.74) is 1.71. The minimum Gasteiger partial charge on any atom is -0.305 e. The third-order valence-electron chi connectivity index (χ3n) is 2.97. The molecule has 2 aromatic carbocycles. The van der Waals surface area contributed by atoms with Crippen LogP contribution in [0.3, 0.4) is 0 Å². The quantitative estimate of drug-likeness (QED) is 0.832. The van der Waals surface area contributed by atoms with E-state index in [1.807, 2.05) is 24.3 Å². The molecule has 104 valence electrons. The van der Waals surface area contributed by atoms with E-state index in [4.69, 9.17) is 0 Å². The Labute approximate surface area is 129 Å². The SMILES string of the molecule is O=C1NC(c2cccc(F)c2)=N/C1=C\c1ccc(Br)cc1. The Hall–Kier alpha value is -2.27. The third-order valence-corrected chi connectivity index (χ3v) is 3.50. The molecule has 1 heterocycles. The van der Waals surface area contributed by atoms with E-state index >= 15 is 0 Å². The number of benzene rings is 2. The van der Waals surface area contributed by atoms with Gasteiger partial charge in [0.15, 0.2) is 0 Å². The number of hydrogen-bond acceptors (Lipinski definition) is 2. The summed E-state index contributed by atoms with van der Waals surface area (Å²) in [5.74, 6) is -0.296. The Morgan fingerprint density at radius 2 is 1.90 bits per heavy atom. The van der Waals surface area contributed by atoms with Crippen molar-refractivity contribution in [3.05, 3.63) is 75.6 Å². The Morgan fingerprint density at radius 3 is 2.62 bits per heavy atom. The molecule has 2 aromatic rings. The number of nitrogens with one attached hydrogen (secondary N) is 1. The fourth-order valence-electron chi connectivity index (χ4n) is 1.96. The average Bonchev–Trinajstić information content (AvgIpc) is 2.83. The van der Waals surface area contributed by atoms with Gasteiger partial charge in [-0.05, 0) is 35.9 Å². The molecular formula is C16H10BrFN2O. The van der Waals surface area contributed by atoms with Gasteiger partial charge in [-0.1, -0.05) is 40.2 Å². The van der Waals surface area contributed by atoms with Crippen molar-refractivity contribution in [3.63, 3.8) is 0 Å². The van der Waals surface area contributed by atoms with Gasteiger partial charge in [-0.2, -0.15) is 0 Å². The predicted molar refractivity (Wildman–Crippen MR) is 83.2 cm³/mol. The molecule has 1 aliphatic rings. The van der Waals surface area contributed by atoms with Crippen LogP contribution in [0.4, 0.5) is 4.39 Å². The lowest BCUT2D eigenvalue weighted by molar-refractivity contribution is -0.115. The zero-order chi connectivity index (χ0) is 14.8. The van der Waals surface area contributed by atoms with Crippen LogP contribution in [0.5, 0.6) is 0 Å². The highest BCUT2D eigenvalue weighted by Crippen LogP contribution is 2.17. The van der Waals surface area contributed by atoms with Crippen LogP contribution >= 0.6 is 15.9 Å². The highest BCUT2D eigenvalue weighted by Gasteiger charge is 2.21. The van der Waals surface area contributed by atoms with E-state index < -0.39 is 0 Å². The van der Waals surface area contributed by atoms with Crippen molar-refractivity contribution < 1.29 is 9.18 Å².